The van der Waals surface area contributed by atoms with E-state index in [9.17, 15) is 0 Å². The van der Waals surface area contributed by atoms with Crippen molar-refractivity contribution in [1.29, 1.82) is 0 Å². The summed E-state index contributed by atoms with van der Waals surface area (Å²) in [6.45, 7) is 5.33. The second-order valence-electron chi connectivity index (χ2n) is 4.90. The molecule has 1 aromatic rings. The van der Waals surface area contributed by atoms with E-state index in [2.05, 4.69) is 29.3 Å². The van der Waals surface area contributed by atoms with Gasteiger partial charge in [-0.15, -0.1) is 0 Å². The molecule has 1 saturated heterocycles. The highest BCUT2D eigenvalue weighted by atomic mass is 32.2. The van der Waals surface area contributed by atoms with E-state index in [1.54, 1.807) is 0 Å². The lowest BCUT2D eigenvalue weighted by Crippen LogP contribution is -2.25. The van der Waals surface area contributed by atoms with Gasteiger partial charge in [0.15, 0.2) is 5.82 Å². The van der Waals surface area contributed by atoms with E-state index >= 15 is 0 Å². The molecular weight excluding hydrogens is 246 g/mol. The van der Waals surface area contributed by atoms with Gasteiger partial charge in [0.25, 0.3) is 0 Å². The van der Waals surface area contributed by atoms with Crippen LogP contribution in [-0.4, -0.2) is 28.5 Å². The summed E-state index contributed by atoms with van der Waals surface area (Å²) in [5, 5.41) is 7.99. The van der Waals surface area contributed by atoms with E-state index in [0.717, 1.165) is 31.1 Å². The maximum absolute atomic E-state index is 5.34. The van der Waals surface area contributed by atoms with E-state index < -0.39 is 0 Å². The Morgan fingerprint density at radius 1 is 1.50 bits per heavy atom. The third-order valence-electron chi connectivity index (χ3n) is 3.30. The highest BCUT2D eigenvalue weighted by Gasteiger charge is 2.21. The van der Waals surface area contributed by atoms with Gasteiger partial charge >= 0.3 is 0 Å². The minimum absolute atomic E-state index is 0.461. The van der Waals surface area contributed by atoms with Crippen LogP contribution in [0.5, 0.6) is 0 Å². The van der Waals surface area contributed by atoms with E-state index in [1.807, 2.05) is 11.8 Å². The molecule has 0 aliphatic carbocycles. The van der Waals surface area contributed by atoms with Crippen LogP contribution in [0.4, 0.5) is 0 Å². The minimum Gasteiger partial charge on any atom is -0.339 e. The topological polar surface area (TPSA) is 51.0 Å². The summed E-state index contributed by atoms with van der Waals surface area (Å²) in [7, 11) is 0. The predicted octanol–water partition coefficient (Wildman–Crippen LogP) is 2.96. The summed E-state index contributed by atoms with van der Waals surface area (Å²) in [5.74, 6) is 2.93. The van der Waals surface area contributed by atoms with Crippen LogP contribution in [0.1, 0.15) is 56.5 Å². The molecule has 2 rings (SSSR count). The SMILES string of the molecule is CCNC(C)CCc1nc(C2CCCCS2)no1. The first-order chi connectivity index (χ1) is 8.79. The number of hydrogen-bond donors (Lipinski definition) is 1. The Hall–Kier alpha value is -0.550. The van der Waals surface area contributed by atoms with Crippen LogP contribution < -0.4 is 5.32 Å². The summed E-state index contributed by atoms with van der Waals surface area (Å²) in [5.41, 5.74) is 0. The molecule has 1 N–H and O–H groups in total. The van der Waals surface area contributed by atoms with E-state index in [0.29, 0.717) is 11.3 Å². The molecular formula is C13H23N3OS. The number of nitrogens with zero attached hydrogens (tertiary/aromatic N) is 2. The molecule has 2 atom stereocenters. The molecule has 0 aromatic carbocycles. The van der Waals surface area contributed by atoms with Gasteiger partial charge in [0.1, 0.15) is 0 Å². The molecule has 2 unspecified atom stereocenters. The number of rotatable bonds is 6. The van der Waals surface area contributed by atoms with Crippen molar-refractivity contribution in [2.45, 2.75) is 57.2 Å². The molecule has 102 valence electrons. The number of hydrogen-bond acceptors (Lipinski definition) is 5. The Morgan fingerprint density at radius 3 is 3.11 bits per heavy atom. The molecule has 0 bridgehead atoms. The van der Waals surface area contributed by atoms with Gasteiger partial charge < -0.3 is 9.84 Å². The summed E-state index contributed by atoms with van der Waals surface area (Å²) in [6, 6.07) is 0.509. The molecule has 18 heavy (non-hydrogen) atoms. The average molecular weight is 269 g/mol. The fraction of sp³-hybridized carbons (Fsp3) is 0.846. The molecule has 1 aromatic heterocycles. The number of nitrogens with one attached hydrogen (secondary N) is 1. The molecule has 1 fully saturated rings. The van der Waals surface area contributed by atoms with Gasteiger partial charge in [-0.2, -0.15) is 16.7 Å². The van der Waals surface area contributed by atoms with Crippen LogP contribution in [0.2, 0.25) is 0 Å². The second-order valence-corrected chi connectivity index (χ2v) is 6.21. The normalized spacial score (nSPS) is 22.0. The van der Waals surface area contributed by atoms with Crippen molar-refractivity contribution in [2.75, 3.05) is 12.3 Å². The van der Waals surface area contributed by atoms with Gasteiger partial charge in [-0.3, -0.25) is 0 Å². The van der Waals surface area contributed by atoms with Gasteiger partial charge in [0, 0.05) is 12.5 Å². The summed E-state index contributed by atoms with van der Waals surface area (Å²) >= 11 is 1.96. The lowest BCUT2D eigenvalue weighted by Gasteiger charge is -2.17. The zero-order valence-electron chi connectivity index (χ0n) is 11.3. The highest BCUT2D eigenvalue weighted by molar-refractivity contribution is 7.99. The van der Waals surface area contributed by atoms with Crippen molar-refractivity contribution in [2.24, 2.45) is 0 Å². The van der Waals surface area contributed by atoms with Crippen LogP contribution in [0.3, 0.4) is 0 Å². The van der Waals surface area contributed by atoms with Crippen molar-refractivity contribution in [3.63, 3.8) is 0 Å². The summed E-state index contributed by atoms with van der Waals surface area (Å²) in [6.07, 6.45) is 5.73. The minimum atomic E-state index is 0.461. The fourth-order valence-electron chi connectivity index (χ4n) is 2.24. The highest BCUT2D eigenvalue weighted by Crippen LogP contribution is 2.36. The second kappa shape index (κ2) is 7.14. The average Bonchev–Trinajstić information content (AvgIpc) is 2.87. The first kappa shape index (κ1) is 13.9. The van der Waals surface area contributed by atoms with E-state index in [4.69, 9.17) is 4.52 Å². The third kappa shape index (κ3) is 3.99. The van der Waals surface area contributed by atoms with Gasteiger partial charge in [-0.1, -0.05) is 18.5 Å². The molecule has 1 aliphatic heterocycles. The Bertz CT molecular complexity index is 350. The Labute approximate surface area is 113 Å². The Balaban J connectivity index is 1.82. The van der Waals surface area contributed by atoms with Crippen molar-refractivity contribution in [3.8, 4) is 0 Å². The van der Waals surface area contributed by atoms with E-state index in [1.165, 1.54) is 25.0 Å². The summed E-state index contributed by atoms with van der Waals surface area (Å²) < 4.78 is 5.34. The number of aromatic nitrogens is 2. The fourth-order valence-corrected chi connectivity index (χ4v) is 3.47. The lowest BCUT2D eigenvalue weighted by molar-refractivity contribution is 0.362. The molecule has 4 nitrogen and oxygen atoms in total. The van der Waals surface area contributed by atoms with Crippen molar-refractivity contribution < 1.29 is 4.52 Å². The molecule has 2 heterocycles. The van der Waals surface area contributed by atoms with Gasteiger partial charge in [0.05, 0.1) is 5.25 Å². The molecule has 5 heteroatoms. The maximum Gasteiger partial charge on any atom is 0.226 e. The first-order valence-corrected chi connectivity index (χ1v) is 8.02. The van der Waals surface area contributed by atoms with Crippen LogP contribution in [0.15, 0.2) is 4.52 Å². The monoisotopic (exact) mass is 269 g/mol. The number of aryl methyl sites for hydroxylation is 1. The zero-order chi connectivity index (χ0) is 12.8. The predicted molar refractivity (Wildman–Crippen MR) is 74.8 cm³/mol. The van der Waals surface area contributed by atoms with Gasteiger partial charge in [-0.25, -0.2) is 0 Å². The quantitative estimate of drug-likeness (QED) is 0.860. The van der Waals surface area contributed by atoms with Crippen LogP contribution in [0, 0.1) is 0 Å². The maximum atomic E-state index is 5.34. The third-order valence-corrected chi connectivity index (χ3v) is 4.67. The number of thioether (sulfide) groups is 1. The van der Waals surface area contributed by atoms with Crippen molar-refractivity contribution in [1.82, 2.24) is 15.5 Å². The summed E-state index contributed by atoms with van der Waals surface area (Å²) in [4.78, 5) is 4.54. The molecule has 0 radical (unpaired) electrons. The molecule has 1 aliphatic rings. The molecule has 0 saturated carbocycles. The smallest absolute Gasteiger partial charge is 0.226 e. The Morgan fingerprint density at radius 2 is 2.39 bits per heavy atom. The van der Waals surface area contributed by atoms with E-state index in [-0.39, 0.29) is 0 Å². The van der Waals surface area contributed by atoms with Crippen LogP contribution in [-0.2, 0) is 6.42 Å². The first-order valence-electron chi connectivity index (χ1n) is 6.97. The van der Waals surface area contributed by atoms with Gasteiger partial charge in [0.2, 0.25) is 5.89 Å². The lowest BCUT2D eigenvalue weighted by atomic mass is 10.1. The van der Waals surface area contributed by atoms with Crippen molar-refractivity contribution in [3.05, 3.63) is 11.7 Å². The standard InChI is InChI=1S/C13H23N3OS/c1-3-14-10(2)7-8-12-15-13(16-17-12)11-6-4-5-9-18-11/h10-11,14H,3-9H2,1-2H3. The molecule has 0 amide bonds. The van der Waals surface area contributed by atoms with Crippen LogP contribution >= 0.6 is 11.8 Å². The van der Waals surface area contributed by atoms with Gasteiger partial charge in [-0.05, 0) is 38.5 Å². The zero-order valence-corrected chi connectivity index (χ0v) is 12.1. The molecule has 0 spiro atoms. The Kier molecular flexibility index (Phi) is 5.50. The van der Waals surface area contributed by atoms with Crippen LogP contribution in [0.25, 0.3) is 0 Å². The largest absolute Gasteiger partial charge is 0.339 e. The van der Waals surface area contributed by atoms with Crippen molar-refractivity contribution >= 4 is 11.8 Å².